The molecule has 0 aromatic heterocycles. The van der Waals surface area contributed by atoms with E-state index >= 15 is 0 Å². The third-order valence-corrected chi connectivity index (χ3v) is 6.56. The van der Waals surface area contributed by atoms with E-state index in [1.807, 2.05) is 19.9 Å². The van der Waals surface area contributed by atoms with Crippen molar-refractivity contribution >= 4 is 10.0 Å². The molecule has 1 atom stereocenters. The van der Waals surface area contributed by atoms with Gasteiger partial charge >= 0.3 is 0 Å². The zero-order valence-electron chi connectivity index (χ0n) is 13.3. The lowest BCUT2D eigenvalue weighted by Crippen LogP contribution is -2.30. The lowest BCUT2D eigenvalue weighted by atomic mass is 9.96. The number of hydrogen-bond acceptors (Lipinski definition) is 3. The predicted octanol–water partition coefficient (Wildman–Crippen LogP) is 2.46. The third-order valence-electron chi connectivity index (χ3n) is 4.55. The first-order valence-electron chi connectivity index (χ1n) is 7.48. The normalized spacial score (nSPS) is 20.4. The monoisotopic (exact) mass is 311 g/mol. The van der Waals surface area contributed by atoms with E-state index in [9.17, 15) is 13.5 Å². The van der Waals surface area contributed by atoms with E-state index in [0.717, 1.165) is 17.5 Å². The first-order chi connectivity index (χ1) is 9.77. The molecule has 1 heterocycles. The van der Waals surface area contributed by atoms with E-state index in [-0.39, 0.29) is 6.61 Å². The van der Waals surface area contributed by atoms with Gasteiger partial charge in [-0.3, -0.25) is 0 Å². The number of hydrogen-bond donors (Lipinski definition) is 1. The average Bonchev–Trinajstić information content (AvgIpc) is 2.89. The minimum absolute atomic E-state index is 0.136. The number of nitrogens with zero attached hydrogens (tertiary/aromatic N) is 1. The Kier molecular flexibility index (Phi) is 4.76. The fourth-order valence-corrected chi connectivity index (χ4v) is 4.75. The van der Waals surface area contributed by atoms with Crippen LogP contribution >= 0.6 is 0 Å². The second kappa shape index (κ2) is 6.07. The number of rotatable bonds is 4. The molecule has 5 heteroatoms. The highest BCUT2D eigenvalue weighted by Gasteiger charge is 2.34. The molecule has 1 saturated heterocycles. The van der Waals surface area contributed by atoms with Crippen molar-refractivity contribution in [1.82, 2.24) is 4.31 Å². The molecule has 1 aliphatic rings. The van der Waals surface area contributed by atoms with Crippen LogP contribution in [0.1, 0.15) is 37.0 Å². The summed E-state index contributed by atoms with van der Waals surface area (Å²) in [5.74, 6) is 0.931. The Hall–Kier alpha value is -0.910. The molecule has 0 amide bonds. The Morgan fingerprint density at radius 1 is 1.29 bits per heavy atom. The van der Waals surface area contributed by atoms with Crippen LogP contribution in [0.4, 0.5) is 0 Å². The van der Waals surface area contributed by atoms with Crippen molar-refractivity contribution in [2.24, 2.45) is 11.8 Å². The molecule has 1 unspecified atom stereocenters. The molecule has 21 heavy (non-hydrogen) atoms. The summed E-state index contributed by atoms with van der Waals surface area (Å²) in [5, 5.41) is 9.37. The number of benzene rings is 1. The van der Waals surface area contributed by atoms with Crippen molar-refractivity contribution in [1.29, 1.82) is 0 Å². The number of aliphatic hydroxyl groups excluding tert-OH is 1. The topological polar surface area (TPSA) is 57.6 Å². The van der Waals surface area contributed by atoms with Crippen LogP contribution in [0.15, 0.2) is 17.0 Å². The Labute approximate surface area is 127 Å². The van der Waals surface area contributed by atoms with Crippen LogP contribution in [0, 0.1) is 25.7 Å². The van der Waals surface area contributed by atoms with Crippen LogP contribution in [0.3, 0.4) is 0 Å². The van der Waals surface area contributed by atoms with Crippen LogP contribution in [-0.2, 0) is 16.6 Å². The van der Waals surface area contributed by atoms with Gasteiger partial charge in [0.2, 0.25) is 10.0 Å². The zero-order valence-corrected chi connectivity index (χ0v) is 14.1. The van der Waals surface area contributed by atoms with Crippen molar-refractivity contribution in [2.75, 3.05) is 13.1 Å². The number of sulfonamides is 1. The lowest BCUT2D eigenvalue weighted by Gasteiger charge is -2.20. The minimum Gasteiger partial charge on any atom is -0.392 e. The van der Waals surface area contributed by atoms with Gasteiger partial charge in [-0.1, -0.05) is 19.9 Å². The van der Waals surface area contributed by atoms with E-state index in [4.69, 9.17) is 0 Å². The third kappa shape index (κ3) is 3.15. The summed E-state index contributed by atoms with van der Waals surface area (Å²) in [5.41, 5.74) is 2.35. The quantitative estimate of drug-likeness (QED) is 0.929. The van der Waals surface area contributed by atoms with Crippen LogP contribution in [-0.4, -0.2) is 30.9 Å². The summed E-state index contributed by atoms with van der Waals surface area (Å²) in [6, 6.07) is 3.47. The average molecular weight is 311 g/mol. The summed E-state index contributed by atoms with van der Waals surface area (Å²) in [7, 11) is -3.46. The molecule has 1 aliphatic heterocycles. The minimum atomic E-state index is -3.46. The maximum Gasteiger partial charge on any atom is 0.243 e. The van der Waals surface area contributed by atoms with Crippen molar-refractivity contribution in [3.8, 4) is 0 Å². The van der Waals surface area contributed by atoms with Crippen LogP contribution in [0.25, 0.3) is 0 Å². The summed E-state index contributed by atoms with van der Waals surface area (Å²) in [6.45, 7) is 9.04. The van der Waals surface area contributed by atoms with E-state index in [0.29, 0.717) is 35.4 Å². The van der Waals surface area contributed by atoms with Gasteiger partial charge in [-0.15, -0.1) is 0 Å². The maximum absolute atomic E-state index is 12.8. The van der Waals surface area contributed by atoms with Gasteiger partial charge < -0.3 is 5.11 Å². The van der Waals surface area contributed by atoms with E-state index < -0.39 is 10.0 Å². The highest BCUT2D eigenvalue weighted by atomic mass is 32.2. The van der Waals surface area contributed by atoms with Gasteiger partial charge in [0.15, 0.2) is 0 Å². The Balaban J connectivity index is 2.37. The molecule has 1 aromatic rings. The van der Waals surface area contributed by atoms with Gasteiger partial charge in [-0.05, 0) is 54.9 Å². The molecule has 0 bridgehead atoms. The molecule has 2 rings (SSSR count). The second-order valence-electron chi connectivity index (χ2n) is 6.36. The molecule has 1 N–H and O–H groups in total. The van der Waals surface area contributed by atoms with Gasteiger partial charge in [0.1, 0.15) is 0 Å². The maximum atomic E-state index is 12.8. The standard InChI is InChI=1S/C16H25NO3S/c1-11(2)14-5-6-17(9-14)21(19,20)16-8-15(10-18)12(3)7-13(16)4/h7-8,11,14,18H,5-6,9-10H2,1-4H3. The summed E-state index contributed by atoms with van der Waals surface area (Å²) in [4.78, 5) is 0.335. The molecule has 0 radical (unpaired) electrons. The highest BCUT2D eigenvalue weighted by molar-refractivity contribution is 7.89. The zero-order chi connectivity index (χ0) is 15.8. The first kappa shape index (κ1) is 16.5. The molecule has 1 aromatic carbocycles. The van der Waals surface area contributed by atoms with Crippen molar-refractivity contribution < 1.29 is 13.5 Å². The van der Waals surface area contributed by atoms with Gasteiger partial charge in [0.05, 0.1) is 11.5 Å². The fraction of sp³-hybridized carbons (Fsp3) is 0.625. The number of aryl methyl sites for hydroxylation is 2. The second-order valence-corrected chi connectivity index (χ2v) is 8.26. The molecule has 0 spiro atoms. The fourth-order valence-electron chi connectivity index (χ4n) is 2.98. The SMILES string of the molecule is Cc1cc(C)c(S(=O)(=O)N2CCC(C(C)C)C2)cc1CO. The Morgan fingerprint density at radius 2 is 1.95 bits per heavy atom. The van der Waals surface area contributed by atoms with Crippen LogP contribution in [0.2, 0.25) is 0 Å². The lowest BCUT2D eigenvalue weighted by molar-refractivity contribution is 0.280. The number of aliphatic hydroxyl groups is 1. The molecule has 4 nitrogen and oxygen atoms in total. The van der Waals surface area contributed by atoms with Gasteiger partial charge in [0.25, 0.3) is 0 Å². The molecular weight excluding hydrogens is 286 g/mol. The highest BCUT2D eigenvalue weighted by Crippen LogP contribution is 2.30. The van der Waals surface area contributed by atoms with Crippen LogP contribution < -0.4 is 0 Å². The summed E-state index contributed by atoms with van der Waals surface area (Å²) < 4.78 is 27.3. The van der Waals surface area contributed by atoms with E-state index in [1.54, 1.807) is 10.4 Å². The van der Waals surface area contributed by atoms with Gasteiger partial charge in [-0.2, -0.15) is 4.31 Å². The molecule has 118 valence electrons. The molecule has 0 aliphatic carbocycles. The van der Waals surface area contributed by atoms with Crippen molar-refractivity contribution in [2.45, 2.75) is 45.6 Å². The summed E-state index contributed by atoms with van der Waals surface area (Å²) >= 11 is 0. The van der Waals surface area contributed by atoms with Crippen molar-refractivity contribution in [3.05, 3.63) is 28.8 Å². The van der Waals surface area contributed by atoms with E-state index in [2.05, 4.69) is 13.8 Å². The summed E-state index contributed by atoms with van der Waals surface area (Å²) in [6.07, 6.45) is 0.925. The van der Waals surface area contributed by atoms with Crippen LogP contribution in [0.5, 0.6) is 0 Å². The largest absolute Gasteiger partial charge is 0.392 e. The van der Waals surface area contributed by atoms with Gasteiger partial charge in [-0.25, -0.2) is 8.42 Å². The Morgan fingerprint density at radius 3 is 2.48 bits per heavy atom. The molecular formula is C16H25NO3S. The Bertz CT molecular complexity index is 623. The van der Waals surface area contributed by atoms with Crippen molar-refractivity contribution in [3.63, 3.8) is 0 Å². The first-order valence-corrected chi connectivity index (χ1v) is 8.92. The predicted molar refractivity (Wildman–Crippen MR) is 83.5 cm³/mol. The smallest absolute Gasteiger partial charge is 0.243 e. The molecule has 1 fully saturated rings. The van der Waals surface area contributed by atoms with Gasteiger partial charge in [0, 0.05) is 13.1 Å². The molecule has 0 saturated carbocycles. The van der Waals surface area contributed by atoms with E-state index in [1.165, 1.54) is 0 Å².